The first-order valence-corrected chi connectivity index (χ1v) is 12.2. The van der Waals surface area contributed by atoms with Crippen LogP contribution in [-0.4, -0.2) is 25.3 Å². The molecule has 3 nitrogen and oxygen atoms in total. The Morgan fingerprint density at radius 3 is 2.11 bits per heavy atom. The first kappa shape index (κ1) is 22.8. The van der Waals surface area contributed by atoms with Crippen LogP contribution in [0.2, 0.25) is 0 Å². The number of hydrogen-bond acceptors (Lipinski definition) is 2. The Morgan fingerprint density at radius 2 is 1.37 bits per heavy atom. The third-order valence-corrected chi connectivity index (χ3v) is 6.90. The van der Waals surface area contributed by atoms with Crippen molar-refractivity contribution in [1.82, 2.24) is 5.32 Å². The molecule has 0 bridgehead atoms. The van der Waals surface area contributed by atoms with E-state index in [4.69, 9.17) is 4.99 Å². The van der Waals surface area contributed by atoms with E-state index in [1.54, 1.807) is 0 Å². The van der Waals surface area contributed by atoms with E-state index >= 15 is 0 Å². The smallest absolute Gasteiger partial charge is 0.134 e. The largest absolute Gasteiger partial charge is 0.325 e. The first-order valence-electron chi connectivity index (χ1n) is 12.2. The van der Waals surface area contributed by atoms with Gasteiger partial charge in [-0.2, -0.15) is 0 Å². The molecule has 0 saturated heterocycles. The summed E-state index contributed by atoms with van der Waals surface area (Å²) in [5.41, 5.74) is 9.73. The number of amidine groups is 2. The highest BCUT2D eigenvalue weighted by molar-refractivity contribution is 6.17. The van der Waals surface area contributed by atoms with Gasteiger partial charge < -0.3 is 5.32 Å². The highest BCUT2D eigenvalue weighted by Gasteiger charge is 2.35. The van der Waals surface area contributed by atoms with E-state index in [-0.39, 0.29) is 5.41 Å². The standard InChI is InChI=1S/C32H31N3/c1-5-34-30(23-19-20-26-25-16-11-12-18-28(25)32(2,3)29(26)21-23)35-31(33-4)27-17-10-9-15-24(27)22-13-7-6-8-14-22/h6-21H,5H2,1-4H3,(H,33,34,35). The van der Waals surface area contributed by atoms with E-state index in [9.17, 15) is 0 Å². The Bertz CT molecular complexity index is 1430. The molecule has 3 heteroatoms. The lowest BCUT2D eigenvalue weighted by molar-refractivity contribution is 0.660. The molecule has 1 N–H and O–H groups in total. The maximum atomic E-state index is 4.86. The summed E-state index contributed by atoms with van der Waals surface area (Å²) in [5, 5.41) is 3.59. The molecule has 0 amide bonds. The van der Waals surface area contributed by atoms with Gasteiger partial charge in [-0.15, -0.1) is 0 Å². The van der Waals surface area contributed by atoms with Gasteiger partial charge in [0.05, 0.1) is 0 Å². The Labute approximate surface area is 208 Å². The molecule has 35 heavy (non-hydrogen) atoms. The van der Waals surface area contributed by atoms with Crippen LogP contribution < -0.4 is 5.32 Å². The van der Waals surface area contributed by atoms with E-state index in [1.807, 2.05) is 13.1 Å². The molecule has 174 valence electrons. The summed E-state index contributed by atoms with van der Waals surface area (Å²) in [4.78, 5) is 9.51. The number of aliphatic imine (C=N–C) groups is 2. The van der Waals surface area contributed by atoms with Crippen molar-refractivity contribution in [3.63, 3.8) is 0 Å². The predicted molar refractivity (Wildman–Crippen MR) is 149 cm³/mol. The molecule has 0 aromatic heterocycles. The maximum absolute atomic E-state index is 4.86. The number of nitrogens with zero attached hydrogens (tertiary/aromatic N) is 2. The van der Waals surface area contributed by atoms with Crippen LogP contribution in [0.5, 0.6) is 0 Å². The Balaban J connectivity index is 1.54. The average Bonchev–Trinajstić information content (AvgIpc) is 3.13. The van der Waals surface area contributed by atoms with Gasteiger partial charge in [0.15, 0.2) is 0 Å². The summed E-state index contributed by atoms with van der Waals surface area (Å²) < 4.78 is 0. The molecule has 1 aliphatic carbocycles. The van der Waals surface area contributed by atoms with Gasteiger partial charge in [-0.1, -0.05) is 105 Å². The topological polar surface area (TPSA) is 36.8 Å². The summed E-state index contributed by atoms with van der Waals surface area (Å²) in [7, 11) is 1.83. The van der Waals surface area contributed by atoms with Gasteiger partial charge in [0.25, 0.3) is 0 Å². The van der Waals surface area contributed by atoms with Gasteiger partial charge >= 0.3 is 0 Å². The number of benzene rings is 4. The lowest BCUT2D eigenvalue weighted by atomic mass is 9.82. The molecule has 1 aliphatic rings. The molecule has 0 unspecified atom stereocenters. The fraction of sp³-hybridized carbons (Fsp3) is 0.188. The van der Waals surface area contributed by atoms with Crippen LogP contribution in [0.3, 0.4) is 0 Å². The third-order valence-electron chi connectivity index (χ3n) is 6.90. The summed E-state index contributed by atoms with van der Waals surface area (Å²) in [5.74, 6) is 1.64. The molecule has 0 radical (unpaired) electrons. The van der Waals surface area contributed by atoms with Crippen molar-refractivity contribution in [2.75, 3.05) is 13.6 Å². The molecule has 0 saturated carbocycles. The zero-order valence-electron chi connectivity index (χ0n) is 20.8. The zero-order valence-corrected chi connectivity index (χ0v) is 20.8. The maximum Gasteiger partial charge on any atom is 0.134 e. The first-order chi connectivity index (χ1) is 17.0. The number of rotatable bonds is 4. The average molecular weight is 458 g/mol. The van der Waals surface area contributed by atoms with Gasteiger partial charge in [-0.25, -0.2) is 0 Å². The van der Waals surface area contributed by atoms with Crippen molar-refractivity contribution in [2.45, 2.75) is 26.2 Å². The van der Waals surface area contributed by atoms with Crippen LogP contribution >= 0.6 is 0 Å². The summed E-state index contributed by atoms with van der Waals surface area (Å²) >= 11 is 0. The lowest BCUT2D eigenvalue weighted by Crippen LogP contribution is -2.33. The van der Waals surface area contributed by atoms with Crippen LogP contribution in [-0.2, 0) is 5.41 Å². The summed E-state index contributed by atoms with van der Waals surface area (Å²) in [6, 6.07) is 34.3. The molecule has 0 atom stereocenters. The quantitative estimate of drug-likeness (QED) is 0.258. The second-order valence-corrected chi connectivity index (χ2v) is 9.36. The van der Waals surface area contributed by atoms with E-state index in [0.29, 0.717) is 6.54 Å². The second kappa shape index (κ2) is 9.34. The molecular weight excluding hydrogens is 426 g/mol. The molecule has 0 fully saturated rings. The zero-order chi connectivity index (χ0) is 24.4. The summed E-state index contributed by atoms with van der Waals surface area (Å²) in [6.45, 7) is 7.36. The number of nitrogens with one attached hydrogen (secondary N) is 1. The van der Waals surface area contributed by atoms with Crippen LogP contribution in [0.25, 0.3) is 22.3 Å². The Kier molecular flexibility index (Phi) is 6.08. The molecule has 0 heterocycles. The minimum absolute atomic E-state index is 0.0547. The fourth-order valence-electron chi connectivity index (χ4n) is 5.13. The third kappa shape index (κ3) is 4.08. The van der Waals surface area contributed by atoms with E-state index in [2.05, 4.69) is 122 Å². The van der Waals surface area contributed by atoms with E-state index < -0.39 is 0 Å². The summed E-state index contributed by atoms with van der Waals surface area (Å²) in [6.07, 6.45) is 0. The van der Waals surface area contributed by atoms with Crippen molar-refractivity contribution in [2.24, 2.45) is 9.98 Å². The fourth-order valence-corrected chi connectivity index (χ4v) is 5.13. The molecule has 4 aromatic carbocycles. The minimum atomic E-state index is -0.0547. The van der Waals surface area contributed by atoms with Gasteiger partial charge in [0.1, 0.15) is 11.7 Å². The second-order valence-electron chi connectivity index (χ2n) is 9.36. The van der Waals surface area contributed by atoms with Crippen LogP contribution in [0.1, 0.15) is 43.0 Å². The van der Waals surface area contributed by atoms with Crippen LogP contribution in [0.4, 0.5) is 0 Å². The van der Waals surface area contributed by atoms with Gasteiger partial charge in [0.2, 0.25) is 0 Å². The number of fused-ring (bicyclic) bond motifs is 3. The Hall–Kier alpha value is -3.98. The normalized spacial score (nSPS) is 14.4. The van der Waals surface area contributed by atoms with Crippen LogP contribution in [0.15, 0.2) is 107 Å². The van der Waals surface area contributed by atoms with Crippen molar-refractivity contribution in [3.05, 3.63) is 119 Å². The lowest BCUT2D eigenvalue weighted by Gasteiger charge is -2.22. The minimum Gasteiger partial charge on any atom is -0.325 e. The van der Waals surface area contributed by atoms with E-state index in [0.717, 1.165) is 33.9 Å². The van der Waals surface area contributed by atoms with Crippen molar-refractivity contribution in [3.8, 4) is 22.3 Å². The highest BCUT2D eigenvalue weighted by Crippen LogP contribution is 2.48. The van der Waals surface area contributed by atoms with Crippen LogP contribution in [0, 0.1) is 0 Å². The van der Waals surface area contributed by atoms with Gasteiger partial charge in [-0.05, 0) is 46.4 Å². The van der Waals surface area contributed by atoms with Gasteiger partial charge in [-0.3, -0.25) is 9.98 Å². The molecular formula is C32H31N3. The number of hydrogen-bond donors (Lipinski definition) is 1. The molecule has 4 aromatic rings. The van der Waals surface area contributed by atoms with Crippen molar-refractivity contribution < 1.29 is 0 Å². The van der Waals surface area contributed by atoms with E-state index in [1.165, 1.54) is 22.3 Å². The highest BCUT2D eigenvalue weighted by atomic mass is 15.1. The SMILES string of the molecule is CCN=C(NC(=NC)c1ccccc1-c1ccccc1)c1ccc2c(c1)C(C)(C)c1ccccc1-2. The van der Waals surface area contributed by atoms with Crippen molar-refractivity contribution >= 4 is 11.7 Å². The Morgan fingerprint density at radius 1 is 0.714 bits per heavy atom. The van der Waals surface area contributed by atoms with Crippen molar-refractivity contribution in [1.29, 1.82) is 0 Å². The monoisotopic (exact) mass is 457 g/mol. The predicted octanol–water partition coefficient (Wildman–Crippen LogP) is 7.09. The molecule has 5 rings (SSSR count). The molecule has 0 spiro atoms. The van der Waals surface area contributed by atoms with Gasteiger partial charge in [0, 0.05) is 30.1 Å². The molecule has 0 aliphatic heterocycles.